The van der Waals surface area contributed by atoms with E-state index in [1.807, 2.05) is 6.92 Å². The highest BCUT2D eigenvalue weighted by Crippen LogP contribution is 2.21. The van der Waals surface area contributed by atoms with Crippen LogP contribution in [0.3, 0.4) is 0 Å². The number of amides is 1. The van der Waals surface area contributed by atoms with E-state index in [9.17, 15) is 4.79 Å². The third-order valence-corrected chi connectivity index (χ3v) is 2.79. The van der Waals surface area contributed by atoms with Crippen molar-refractivity contribution >= 4 is 28.7 Å². The van der Waals surface area contributed by atoms with E-state index < -0.39 is 0 Å². The van der Waals surface area contributed by atoms with E-state index in [2.05, 4.69) is 22.6 Å². The summed E-state index contributed by atoms with van der Waals surface area (Å²) in [6.45, 7) is 1.96. The zero-order chi connectivity index (χ0) is 7.02. The zero-order valence-electron chi connectivity index (χ0n) is 5.30. The first-order valence-corrected chi connectivity index (χ1v) is 3.95. The lowest BCUT2D eigenvalue weighted by molar-refractivity contribution is 0.160. The summed E-state index contributed by atoms with van der Waals surface area (Å²) in [6, 6.07) is 0.207. The number of carbonyl (C=O) groups excluding carboxylic acids is 1. The van der Waals surface area contributed by atoms with Crippen molar-refractivity contribution in [1.29, 1.82) is 0 Å². The Bertz CT molecular complexity index is 139. The average Bonchev–Trinajstić information content (AvgIpc) is 1.98. The van der Waals surface area contributed by atoms with Crippen LogP contribution in [0.2, 0.25) is 0 Å². The fourth-order valence-electron chi connectivity index (χ4n) is 0.620. The highest BCUT2D eigenvalue weighted by atomic mass is 127. The maximum atomic E-state index is 10.7. The Morgan fingerprint density at radius 2 is 2.33 bits per heavy atom. The predicted octanol–water partition coefficient (Wildman–Crippen LogP) is 1.22. The van der Waals surface area contributed by atoms with E-state index in [0.717, 1.165) is 0 Å². The number of nitrogens with zero attached hydrogens (tertiary/aromatic N) is 1. The fraction of sp³-hybridized carbons (Fsp3) is 0.800. The van der Waals surface area contributed by atoms with Crippen LogP contribution in [0.15, 0.2) is 0 Å². The molecule has 1 saturated heterocycles. The first-order valence-electron chi connectivity index (χ1n) is 2.70. The van der Waals surface area contributed by atoms with Crippen molar-refractivity contribution in [2.75, 3.05) is 7.05 Å². The van der Waals surface area contributed by atoms with Crippen LogP contribution in [0.5, 0.6) is 0 Å². The summed E-state index contributed by atoms with van der Waals surface area (Å²) in [7, 11) is 1.74. The molecule has 0 N–H and O–H groups in total. The molecule has 3 nitrogen and oxygen atoms in total. The quantitative estimate of drug-likeness (QED) is 0.471. The van der Waals surface area contributed by atoms with Gasteiger partial charge in [-0.1, -0.05) is 0 Å². The van der Waals surface area contributed by atoms with E-state index >= 15 is 0 Å². The SMILES string of the molecule is CC1C(I)OC(=O)N1C. The number of cyclic esters (lactones) is 1. The van der Waals surface area contributed by atoms with Crippen molar-refractivity contribution in [2.24, 2.45) is 0 Å². The van der Waals surface area contributed by atoms with Crippen LogP contribution in [0.25, 0.3) is 0 Å². The smallest absolute Gasteiger partial charge is 0.411 e. The van der Waals surface area contributed by atoms with E-state index in [0.29, 0.717) is 0 Å². The third kappa shape index (κ3) is 1.12. The third-order valence-electron chi connectivity index (χ3n) is 1.49. The molecule has 1 amide bonds. The van der Waals surface area contributed by atoms with Gasteiger partial charge < -0.3 is 9.64 Å². The molecule has 2 unspecified atom stereocenters. The van der Waals surface area contributed by atoms with Crippen molar-refractivity contribution < 1.29 is 9.53 Å². The molecule has 1 rings (SSSR count). The van der Waals surface area contributed by atoms with Crippen LogP contribution in [-0.2, 0) is 4.74 Å². The summed E-state index contributed by atoms with van der Waals surface area (Å²) in [5.74, 6) is 0. The summed E-state index contributed by atoms with van der Waals surface area (Å²) < 4.78 is 4.87. The van der Waals surface area contributed by atoms with Crippen LogP contribution in [0.4, 0.5) is 4.79 Å². The molecule has 0 radical (unpaired) electrons. The van der Waals surface area contributed by atoms with Crippen LogP contribution >= 0.6 is 22.6 Å². The van der Waals surface area contributed by atoms with Crippen LogP contribution < -0.4 is 0 Å². The van der Waals surface area contributed by atoms with E-state index in [1.165, 1.54) is 0 Å². The fourth-order valence-corrected chi connectivity index (χ4v) is 1.32. The van der Waals surface area contributed by atoms with Crippen LogP contribution in [-0.4, -0.2) is 28.2 Å². The highest BCUT2D eigenvalue weighted by molar-refractivity contribution is 14.1. The highest BCUT2D eigenvalue weighted by Gasteiger charge is 2.33. The molecule has 1 aliphatic heterocycles. The molecule has 9 heavy (non-hydrogen) atoms. The number of hydrogen-bond donors (Lipinski definition) is 0. The van der Waals surface area contributed by atoms with E-state index in [4.69, 9.17) is 4.74 Å². The number of likely N-dealkylation sites (N-methyl/N-ethyl adjacent to an activating group) is 1. The normalized spacial score (nSPS) is 35.0. The maximum absolute atomic E-state index is 10.7. The lowest BCUT2D eigenvalue weighted by Gasteiger charge is -2.10. The van der Waals surface area contributed by atoms with Gasteiger partial charge in [0.25, 0.3) is 0 Å². The van der Waals surface area contributed by atoms with Gasteiger partial charge in [-0.2, -0.15) is 0 Å². The summed E-state index contributed by atoms with van der Waals surface area (Å²) in [4.78, 5) is 12.3. The first-order chi connectivity index (χ1) is 4.13. The van der Waals surface area contributed by atoms with Crippen molar-refractivity contribution in [3.05, 3.63) is 0 Å². The van der Waals surface area contributed by atoms with Gasteiger partial charge in [-0.05, 0) is 29.5 Å². The molecule has 0 bridgehead atoms. The van der Waals surface area contributed by atoms with Crippen LogP contribution in [0, 0.1) is 0 Å². The van der Waals surface area contributed by atoms with Gasteiger partial charge in [0, 0.05) is 7.05 Å². The largest absolute Gasteiger partial charge is 0.433 e. The van der Waals surface area contributed by atoms with Crippen molar-refractivity contribution in [1.82, 2.24) is 4.90 Å². The summed E-state index contributed by atoms with van der Waals surface area (Å²) in [5, 5.41) is 0. The second kappa shape index (κ2) is 2.32. The number of ether oxygens (including phenoxy) is 1. The second-order valence-corrected chi connectivity index (χ2v) is 3.31. The Labute approximate surface area is 67.5 Å². The molecule has 1 fully saturated rings. The maximum Gasteiger partial charge on any atom is 0.411 e. The Kier molecular flexibility index (Phi) is 1.83. The number of carbonyl (C=O) groups is 1. The predicted molar refractivity (Wildman–Crippen MR) is 41.5 cm³/mol. The Morgan fingerprint density at radius 1 is 1.78 bits per heavy atom. The van der Waals surface area contributed by atoms with Crippen LogP contribution in [0.1, 0.15) is 6.92 Å². The molecule has 1 heterocycles. The molecule has 0 aromatic heterocycles. The molecule has 1 aliphatic rings. The second-order valence-electron chi connectivity index (χ2n) is 2.09. The molecule has 0 aromatic carbocycles. The summed E-state index contributed by atoms with van der Waals surface area (Å²) in [5.41, 5.74) is 0. The van der Waals surface area contributed by atoms with Gasteiger partial charge in [0.05, 0.1) is 6.04 Å². The van der Waals surface area contributed by atoms with E-state index in [1.54, 1.807) is 11.9 Å². The monoisotopic (exact) mass is 241 g/mol. The molecule has 2 atom stereocenters. The number of alkyl halides is 1. The topological polar surface area (TPSA) is 29.5 Å². The van der Waals surface area contributed by atoms with E-state index in [-0.39, 0.29) is 16.2 Å². The minimum atomic E-state index is -0.220. The standard InChI is InChI=1S/C5H8INO2/c1-3-4(6)9-5(8)7(3)2/h3-4H,1-2H3. The Morgan fingerprint density at radius 3 is 2.44 bits per heavy atom. The Hall–Kier alpha value is 0. The van der Waals surface area contributed by atoms with Crippen molar-refractivity contribution in [2.45, 2.75) is 17.1 Å². The summed E-state index contributed by atoms with van der Waals surface area (Å²) >= 11 is 2.10. The van der Waals surface area contributed by atoms with Gasteiger partial charge >= 0.3 is 6.09 Å². The molecule has 0 saturated carbocycles. The lowest BCUT2D eigenvalue weighted by atomic mass is 10.4. The minimum absolute atomic E-state index is 0.0140. The van der Waals surface area contributed by atoms with Crippen molar-refractivity contribution in [3.8, 4) is 0 Å². The van der Waals surface area contributed by atoms with Gasteiger partial charge in [-0.25, -0.2) is 4.79 Å². The molecule has 52 valence electrons. The van der Waals surface area contributed by atoms with Gasteiger partial charge in [0.1, 0.15) is 0 Å². The minimum Gasteiger partial charge on any atom is -0.433 e. The molecule has 4 heteroatoms. The van der Waals surface area contributed by atoms with Gasteiger partial charge in [-0.15, -0.1) is 0 Å². The lowest BCUT2D eigenvalue weighted by Crippen LogP contribution is -2.27. The van der Waals surface area contributed by atoms with Gasteiger partial charge in [0.15, 0.2) is 4.11 Å². The number of rotatable bonds is 0. The Balaban J connectivity index is 2.65. The molecular formula is C5H8INO2. The first kappa shape index (κ1) is 7.11. The average molecular weight is 241 g/mol. The molecule has 0 aliphatic carbocycles. The van der Waals surface area contributed by atoms with Gasteiger partial charge in [-0.3, -0.25) is 0 Å². The molecular weight excluding hydrogens is 233 g/mol. The number of halogens is 1. The number of hydrogen-bond acceptors (Lipinski definition) is 2. The van der Waals surface area contributed by atoms with Gasteiger partial charge in [0.2, 0.25) is 0 Å². The molecule has 0 aromatic rings. The van der Waals surface area contributed by atoms with Crippen molar-refractivity contribution in [3.63, 3.8) is 0 Å². The zero-order valence-corrected chi connectivity index (χ0v) is 7.45. The summed E-state index contributed by atoms with van der Waals surface area (Å²) in [6.07, 6.45) is -0.220. The molecule has 0 spiro atoms.